The Morgan fingerprint density at radius 2 is 2.08 bits per heavy atom. The molecule has 1 aliphatic heterocycles. The Kier molecular flexibility index (Phi) is 4.63. The molecule has 1 aromatic carbocycles. The lowest BCUT2D eigenvalue weighted by atomic mass is 10.0. The normalized spacial score (nSPS) is 19.5. The molecule has 130 valence electrons. The van der Waals surface area contributed by atoms with Crippen LogP contribution in [0.1, 0.15) is 47.2 Å². The zero-order valence-electron chi connectivity index (χ0n) is 14.4. The maximum atomic E-state index is 12.5. The van der Waals surface area contributed by atoms with E-state index in [0.29, 0.717) is 12.2 Å². The Balaban J connectivity index is 1.41. The predicted molar refractivity (Wildman–Crippen MR) is 95.8 cm³/mol. The maximum Gasteiger partial charge on any atom is 0.338 e. The smallest absolute Gasteiger partial charge is 0.338 e. The molecule has 2 heterocycles. The highest BCUT2D eigenvalue weighted by molar-refractivity contribution is 5.89. The average molecular weight is 337 g/mol. The molecule has 25 heavy (non-hydrogen) atoms. The van der Waals surface area contributed by atoms with Gasteiger partial charge in [0.2, 0.25) is 0 Å². The Morgan fingerprint density at radius 1 is 1.16 bits per heavy atom. The van der Waals surface area contributed by atoms with E-state index in [1.54, 1.807) is 18.6 Å². The van der Waals surface area contributed by atoms with Crippen molar-refractivity contribution < 1.29 is 9.53 Å². The zero-order chi connectivity index (χ0) is 17.1. The van der Waals surface area contributed by atoms with Crippen LogP contribution < -0.4 is 4.90 Å². The second-order valence-corrected chi connectivity index (χ2v) is 6.84. The highest BCUT2D eigenvalue weighted by Crippen LogP contribution is 2.25. The molecule has 0 saturated carbocycles. The Labute approximate surface area is 148 Å². The molecule has 1 aromatic heterocycles. The molecule has 1 atom stereocenters. The summed E-state index contributed by atoms with van der Waals surface area (Å²) in [4.78, 5) is 23.2. The van der Waals surface area contributed by atoms with Crippen LogP contribution in [0.2, 0.25) is 0 Å². The number of benzene rings is 1. The van der Waals surface area contributed by atoms with Crippen molar-refractivity contribution in [1.29, 1.82) is 0 Å². The van der Waals surface area contributed by atoms with E-state index in [0.717, 1.165) is 44.5 Å². The van der Waals surface area contributed by atoms with Crippen LogP contribution in [0.5, 0.6) is 0 Å². The van der Waals surface area contributed by atoms with E-state index in [-0.39, 0.29) is 12.0 Å². The number of aromatic nitrogens is 2. The number of carbonyl (C=O) groups is 1. The molecule has 4 rings (SSSR count). The van der Waals surface area contributed by atoms with Gasteiger partial charge in [-0.2, -0.15) is 0 Å². The number of hydrogen-bond donors (Lipinski definition) is 0. The standard InChI is InChI=1S/C20H23N3O2/c24-20(17-8-7-15-4-3-5-16(15)12-17)25-14-18-6-1-2-11-23(18)19-13-21-9-10-22-19/h7-10,12-13,18H,1-6,11,14H2/t18-/m0/s1. The molecular weight excluding hydrogens is 314 g/mol. The number of carbonyl (C=O) groups excluding carboxylic acids is 1. The summed E-state index contributed by atoms with van der Waals surface area (Å²) >= 11 is 0. The molecule has 0 radical (unpaired) electrons. The van der Waals surface area contributed by atoms with E-state index < -0.39 is 0 Å². The second-order valence-electron chi connectivity index (χ2n) is 6.84. The van der Waals surface area contributed by atoms with Crippen molar-refractivity contribution in [3.8, 4) is 0 Å². The molecule has 0 spiro atoms. The van der Waals surface area contributed by atoms with Crippen LogP contribution in [-0.2, 0) is 17.6 Å². The molecule has 2 aromatic rings. The lowest BCUT2D eigenvalue weighted by Crippen LogP contribution is -2.43. The molecular formula is C20H23N3O2. The van der Waals surface area contributed by atoms with Gasteiger partial charge >= 0.3 is 5.97 Å². The third kappa shape index (κ3) is 3.50. The summed E-state index contributed by atoms with van der Waals surface area (Å²) in [7, 11) is 0. The van der Waals surface area contributed by atoms with E-state index in [9.17, 15) is 4.79 Å². The average Bonchev–Trinajstić information content (AvgIpc) is 3.15. The van der Waals surface area contributed by atoms with Gasteiger partial charge in [-0.15, -0.1) is 0 Å². The molecule has 0 bridgehead atoms. The van der Waals surface area contributed by atoms with Crippen molar-refractivity contribution in [1.82, 2.24) is 9.97 Å². The van der Waals surface area contributed by atoms with Crippen molar-refractivity contribution in [3.05, 3.63) is 53.5 Å². The summed E-state index contributed by atoms with van der Waals surface area (Å²) in [6, 6.07) is 6.15. The van der Waals surface area contributed by atoms with Gasteiger partial charge in [-0.1, -0.05) is 6.07 Å². The van der Waals surface area contributed by atoms with Gasteiger partial charge in [0.1, 0.15) is 12.4 Å². The van der Waals surface area contributed by atoms with Gasteiger partial charge in [0.05, 0.1) is 17.8 Å². The Bertz CT molecular complexity index is 748. The number of aryl methyl sites for hydroxylation is 2. The van der Waals surface area contributed by atoms with Gasteiger partial charge in [0.25, 0.3) is 0 Å². The lowest BCUT2D eigenvalue weighted by molar-refractivity contribution is 0.0467. The largest absolute Gasteiger partial charge is 0.460 e. The van der Waals surface area contributed by atoms with Gasteiger partial charge in [0.15, 0.2) is 0 Å². The predicted octanol–water partition coefficient (Wildman–Crippen LogP) is 3.18. The Morgan fingerprint density at radius 3 is 2.96 bits per heavy atom. The first-order valence-corrected chi connectivity index (χ1v) is 9.13. The van der Waals surface area contributed by atoms with E-state index >= 15 is 0 Å². The van der Waals surface area contributed by atoms with Gasteiger partial charge in [0, 0.05) is 18.9 Å². The van der Waals surface area contributed by atoms with Crippen LogP contribution in [0.25, 0.3) is 0 Å². The van der Waals surface area contributed by atoms with Crippen molar-refractivity contribution in [2.75, 3.05) is 18.1 Å². The number of hydrogen-bond acceptors (Lipinski definition) is 5. The van der Waals surface area contributed by atoms with Gasteiger partial charge in [-0.25, -0.2) is 9.78 Å². The number of fused-ring (bicyclic) bond motifs is 1. The molecule has 0 amide bonds. The summed E-state index contributed by atoms with van der Waals surface area (Å²) < 4.78 is 5.65. The molecule has 1 fully saturated rings. The fourth-order valence-corrected chi connectivity index (χ4v) is 3.87. The fraction of sp³-hybridized carbons (Fsp3) is 0.450. The zero-order valence-corrected chi connectivity index (χ0v) is 14.4. The highest BCUT2D eigenvalue weighted by atomic mass is 16.5. The first kappa shape index (κ1) is 16.1. The molecule has 1 aliphatic carbocycles. The minimum Gasteiger partial charge on any atom is -0.460 e. The summed E-state index contributed by atoms with van der Waals surface area (Å²) in [5.41, 5.74) is 3.34. The maximum absolute atomic E-state index is 12.5. The van der Waals surface area contributed by atoms with E-state index in [4.69, 9.17) is 4.74 Å². The summed E-state index contributed by atoms with van der Waals surface area (Å²) in [5.74, 6) is 0.639. The van der Waals surface area contributed by atoms with Crippen LogP contribution in [-0.4, -0.2) is 35.1 Å². The minimum absolute atomic E-state index is 0.170. The van der Waals surface area contributed by atoms with Crippen LogP contribution in [0.4, 0.5) is 5.82 Å². The molecule has 5 nitrogen and oxygen atoms in total. The number of rotatable bonds is 4. The number of ether oxygens (including phenoxy) is 1. The van der Waals surface area contributed by atoms with E-state index in [1.165, 1.54) is 17.5 Å². The van der Waals surface area contributed by atoms with Crippen molar-refractivity contribution in [2.45, 2.75) is 44.6 Å². The molecule has 5 heteroatoms. The Hall–Kier alpha value is -2.43. The number of anilines is 1. The third-order valence-corrected chi connectivity index (χ3v) is 5.21. The van der Waals surface area contributed by atoms with Crippen LogP contribution in [0.15, 0.2) is 36.8 Å². The summed E-state index contributed by atoms with van der Waals surface area (Å²) in [5, 5.41) is 0. The monoisotopic (exact) mass is 337 g/mol. The van der Waals surface area contributed by atoms with Gasteiger partial charge in [-0.05, 0) is 61.8 Å². The molecule has 2 aliphatic rings. The number of nitrogens with zero attached hydrogens (tertiary/aromatic N) is 3. The van der Waals surface area contributed by atoms with Crippen LogP contribution in [0, 0.1) is 0 Å². The van der Waals surface area contributed by atoms with Crippen molar-refractivity contribution in [2.24, 2.45) is 0 Å². The molecule has 0 N–H and O–H groups in total. The number of esters is 1. The topological polar surface area (TPSA) is 55.3 Å². The van der Waals surface area contributed by atoms with E-state index in [1.807, 2.05) is 12.1 Å². The van der Waals surface area contributed by atoms with Gasteiger partial charge < -0.3 is 9.64 Å². The lowest BCUT2D eigenvalue weighted by Gasteiger charge is -2.35. The summed E-state index contributed by atoms with van der Waals surface area (Å²) in [6.45, 7) is 1.33. The van der Waals surface area contributed by atoms with Crippen molar-refractivity contribution >= 4 is 11.8 Å². The van der Waals surface area contributed by atoms with Crippen LogP contribution >= 0.6 is 0 Å². The number of piperidine rings is 1. The van der Waals surface area contributed by atoms with Crippen LogP contribution in [0.3, 0.4) is 0 Å². The quantitative estimate of drug-likeness (QED) is 0.802. The van der Waals surface area contributed by atoms with Crippen molar-refractivity contribution in [3.63, 3.8) is 0 Å². The third-order valence-electron chi connectivity index (χ3n) is 5.21. The first-order chi connectivity index (χ1) is 12.3. The first-order valence-electron chi connectivity index (χ1n) is 9.13. The van der Waals surface area contributed by atoms with E-state index in [2.05, 4.69) is 20.9 Å². The SMILES string of the molecule is O=C(OC[C@@H]1CCCCN1c1cnccn1)c1ccc2c(c1)CCC2. The second kappa shape index (κ2) is 7.21. The minimum atomic E-state index is -0.223. The van der Waals surface area contributed by atoms with Gasteiger partial charge in [-0.3, -0.25) is 4.98 Å². The molecule has 0 unspecified atom stereocenters. The highest BCUT2D eigenvalue weighted by Gasteiger charge is 2.25. The molecule has 1 saturated heterocycles. The summed E-state index contributed by atoms with van der Waals surface area (Å²) in [6.07, 6.45) is 11.8. The fourth-order valence-electron chi connectivity index (χ4n) is 3.87.